The van der Waals surface area contributed by atoms with Gasteiger partial charge in [-0.25, -0.2) is 4.98 Å². The maximum absolute atomic E-state index is 12.9. The smallest absolute Gasteiger partial charge is 0.237 e. The number of thiophene rings is 1. The minimum atomic E-state index is 0.0969. The van der Waals surface area contributed by atoms with Crippen LogP contribution >= 0.6 is 34.9 Å². The number of aromatic amines is 1. The van der Waals surface area contributed by atoms with Gasteiger partial charge in [0, 0.05) is 16.7 Å². The molecular weight excluding hydrogens is 384 g/mol. The van der Waals surface area contributed by atoms with Crippen molar-refractivity contribution in [1.29, 1.82) is 0 Å². The number of thioether (sulfide) groups is 2. The molecule has 1 aliphatic rings. The number of H-pyrrole nitrogens is 1. The Morgan fingerprint density at radius 2 is 2.23 bits per heavy atom. The van der Waals surface area contributed by atoms with Crippen LogP contribution in [0.25, 0.3) is 10.7 Å². The summed E-state index contributed by atoms with van der Waals surface area (Å²) in [4.78, 5) is 21.5. The summed E-state index contributed by atoms with van der Waals surface area (Å²) < 4.78 is 0. The average Bonchev–Trinajstić information content (AvgIpc) is 3.29. The van der Waals surface area contributed by atoms with Crippen LogP contribution in [-0.4, -0.2) is 38.6 Å². The van der Waals surface area contributed by atoms with Gasteiger partial charge in [0.1, 0.15) is 0 Å². The molecule has 0 bridgehead atoms. The molecule has 134 valence electrons. The fourth-order valence-corrected chi connectivity index (χ4v) is 5.24. The summed E-state index contributed by atoms with van der Waals surface area (Å²) in [5.41, 5.74) is 1.02. The number of carbonyl (C=O) groups excluding carboxylic acids is 1. The van der Waals surface area contributed by atoms with Gasteiger partial charge in [-0.05, 0) is 30.0 Å². The minimum Gasteiger partial charge on any atom is -0.311 e. The van der Waals surface area contributed by atoms with Gasteiger partial charge in [0.25, 0.3) is 0 Å². The number of fused-ring (bicyclic) bond motifs is 1. The molecule has 1 aliphatic heterocycles. The lowest BCUT2D eigenvalue weighted by molar-refractivity contribution is -0.116. The zero-order valence-corrected chi connectivity index (χ0v) is 16.7. The van der Waals surface area contributed by atoms with Crippen molar-refractivity contribution < 1.29 is 4.79 Å². The third-order valence-electron chi connectivity index (χ3n) is 4.09. The van der Waals surface area contributed by atoms with Gasteiger partial charge in [-0.1, -0.05) is 36.9 Å². The second-order valence-corrected chi connectivity index (χ2v) is 9.33. The number of hydrogen-bond acceptors (Lipinski definition) is 6. The predicted molar refractivity (Wildman–Crippen MR) is 109 cm³/mol. The summed E-state index contributed by atoms with van der Waals surface area (Å²) in [6, 6.07) is 12.1. The average molecular weight is 403 g/mol. The van der Waals surface area contributed by atoms with Crippen molar-refractivity contribution in [2.24, 2.45) is 0 Å². The van der Waals surface area contributed by atoms with E-state index in [1.165, 1.54) is 16.7 Å². The molecule has 1 amide bonds. The van der Waals surface area contributed by atoms with Crippen molar-refractivity contribution in [3.63, 3.8) is 0 Å². The van der Waals surface area contributed by atoms with E-state index in [0.717, 1.165) is 29.4 Å². The van der Waals surface area contributed by atoms with Gasteiger partial charge in [-0.2, -0.15) is 0 Å². The van der Waals surface area contributed by atoms with Crippen LogP contribution < -0.4 is 4.90 Å². The quantitative estimate of drug-likeness (QED) is 0.649. The first kappa shape index (κ1) is 17.6. The number of amides is 1. The van der Waals surface area contributed by atoms with E-state index < -0.39 is 0 Å². The Morgan fingerprint density at radius 3 is 3.08 bits per heavy atom. The van der Waals surface area contributed by atoms with Gasteiger partial charge in [-0.3, -0.25) is 9.89 Å². The zero-order valence-electron chi connectivity index (χ0n) is 14.2. The molecule has 2 aromatic heterocycles. The summed E-state index contributed by atoms with van der Waals surface area (Å²) >= 11 is 4.83. The molecule has 0 spiro atoms. The number of nitrogens with zero attached hydrogens (tertiary/aromatic N) is 3. The zero-order chi connectivity index (χ0) is 17.9. The number of para-hydroxylation sites is 1. The fraction of sp³-hybridized carbons (Fsp3) is 0.278. The Labute approximate surface area is 164 Å². The van der Waals surface area contributed by atoms with Crippen LogP contribution in [0.15, 0.2) is 51.8 Å². The Morgan fingerprint density at radius 1 is 1.35 bits per heavy atom. The van der Waals surface area contributed by atoms with E-state index in [0.29, 0.717) is 16.2 Å². The SMILES string of the molecule is C[C@H]1CCN(C(=O)CSc2n[nH]c(-c3cccs3)n2)c2ccccc2S1. The summed E-state index contributed by atoms with van der Waals surface area (Å²) in [7, 11) is 0. The third-order valence-corrected chi connectivity index (χ3v) is 7.03. The topological polar surface area (TPSA) is 61.9 Å². The largest absolute Gasteiger partial charge is 0.311 e. The Kier molecular flexibility index (Phi) is 5.33. The van der Waals surface area contributed by atoms with Crippen molar-refractivity contribution in [2.75, 3.05) is 17.2 Å². The molecule has 0 saturated carbocycles. The number of hydrogen-bond donors (Lipinski definition) is 1. The number of anilines is 1. The van der Waals surface area contributed by atoms with Crippen LogP contribution in [0, 0.1) is 0 Å². The summed E-state index contributed by atoms with van der Waals surface area (Å²) in [6.07, 6.45) is 0.985. The molecule has 26 heavy (non-hydrogen) atoms. The van der Waals surface area contributed by atoms with E-state index in [1.807, 2.05) is 52.4 Å². The van der Waals surface area contributed by atoms with Crippen LogP contribution in [0.2, 0.25) is 0 Å². The molecule has 0 saturated heterocycles. The van der Waals surface area contributed by atoms with E-state index >= 15 is 0 Å². The monoisotopic (exact) mass is 402 g/mol. The van der Waals surface area contributed by atoms with Crippen LogP contribution in [0.1, 0.15) is 13.3 Å². The van der Waals surface area contributed by atoms with Gasteiger partial charge in [0.15, 0.2) is 5.82 Å². The highest BCUT2D eigenvalue weighted by Crippen LogP contribution is 2.37. The molecule has 3 heterocycles. The van der Waals surface area contributed by atoms with E-state index in [2.05, 4.69) is 28.2 Å². The molecule has 0 radical (unpaired) electrons. The first-order valence-electron chi connectivity index (χ1n) is 8.36. The molecular formula is C18H18N4OS3. The van der Waals surface area contributed by atoms with Crippen LogP contribution in [-0.2, 0) is 4.79 Å². The molecule has 8 heteroatoms. The van der Waals surface area contributed by atoms with E-state index in [9.17, 15) is 4.79 Å². The number of nitrogens with one attached hydrogen (secondary N) is 1. The summed E-state index contributed by atoms with van der Waals surface area (Å²) in [6.45, 7) is 2.96. The van der Waals surface area contributed by atoms with Gasteiger partial charge in [0.05, 0.1) is 16.3 Å². The molecule has 0 aliphatic carbocycles. The molecule has 3 aromatic rings. The first-order chi connectivity index (χ1) is 12.7. The maximum atomic E-state index is 12.9. The van der Waals surface area contributed by atoms with Crippen molar-refractivity contribution in [2.45, 2.75) is 28.6 Å². The second kappa shape index (κ2) is 7.85. The van der Waals surface area contributed by atoms with Crippen LogP contribution in [0.3, 0.4) is 0 Å². The first-order valence-corrected chi connectivity index (χ1v) is 11.1. The number of carbonyl (C=O) groups is 1. The van der Waals surface area contributed by atoms with Crippen LogP contribution in [0.5, 0.6) is 0 Å². The van der Waals surface area contributed by atoms with Gasteiger partial charge >= 0.3 is 0 Å². The highest BCUT2D eigenvalue weighted by atomic mass is 32.2. The minimum absolute atomic E-state index is 0.0969. The van der Waals surface area contributed by atoms with E-state index in [4.69, 9.17) is 0 Å². The molecule has 1 atom stereocenters. The highest BCUT2D eigenvalue weighted by Gasteiger charge is 2.24. The van der Waals surface area contributed by atoms with Crippen molar-refractivity contribution in [1.82, 2.24) is 15.2 Å². The lowest BCUT2D eigenvalue weighted by Crippen LogP contribution is -2.33. The summed E-state index contributed by atoms with van der Waals surface area (Å²) in [5, 5.41) is 10.3. The molecule has 1 aromatic carbocycles. The normalized spacial score (nSPS) is 17.0. The Balaban J connectivity index is 1.45. The highest BCUT2D eigenvalue weighted by molar-refractivity contribution is 8.00. The number of rotatable bonds is 4. The lowest BCUT2D eigenvalue weighted by atomic mass is 10.2. The van der Waals surface area contributed by atoms with Crippen molar-refractivity contribution >= 4 is 46.5 Å². The van der Waals surface area contributed by atoms with Crippen LogP contribution in [0.4, 0.5) is 5.69 Å². The second-order valence-electron chi connectivity index (χ2n) is 5.96. The predicted octanol–water partition coefficient (Wildman–Crippen LogP) is 4.54. The number of aromatic nitrogens is 3. The standard InChI is InChI=1S/C18H18N4OS3/c1-12-8-9-22(13-5-2-3-6-14(13)26-12)16(23)11-25-18-19-17(20-21-18)15-7-4-10-24-15/h2-7,10,12H,8-9,11H2,1H3,(H,19,20,21)/t12-/m0/s1. The number of benzene rings is 1. The third kappa shape index (κ3) is 3.82. The Bertz CT molecular complexity index is 893. The Hall–Kier alpha value is -1.77. The molecule has 0 unspecified atom stereocenters. The molecule has 4 rings (SSSR count). The molecule has 1 N–H and O–H groups in total. The fourth-order valence-electron chi connectivity index (χ4n) is 2.78. The van der Waals surface area contributed by atoms with Crippen molar-refractivity contribution in [3.8, 4) is 10.7 Å². The van der Waals surface area contributed by atoms with Gasteiger partial charge in [0.2, 0.25) is 11.1 Å². The van der Waals surface area contributed by atoms with E-state index in [-0.39, 0.29) is 5.91 Å². The van der Waals surface area contributed by atoms with Crippen molar-refractivity contribution in [3.05, 3.63) is 41.8 Å². The molecule has 0 fully saturated rings. The van der Waals surface area contributed by atoms with Gasteiger partial charge in [-0.15, -0.1) is 28.2 Å². The lowest BCUT2D eigenvalue weighted by Gasteiger charge is -2.22. The van der Waals surface area contributed by atoms with Gasteiger partial charge < -0.3 is 4.90 Å². The summed E-state index contributed by atoms with van der Waals surface area (Å²) in [5.74, 6) is 1.18. The molecule has 5 nitrogen and oxygen atoms in total. The maximum Gasteiger partial charge on any atom is 0.237 e. The van der Waals surface area contributed by atoms with E-state index in [1.54, 1.807) is 11.3 Å².